The molecule has 1 aromatic carbocycles. The van der Waals surface area contributed by atoms with Crippen molar-refractivity contribution in [2.24, 2.45) is 7.05 Å². The third-order valence-electron chi connectivity index (χ3n) is 4.66. The summed E-state index contributed by atoms with van der Waals surface area (Å²) in [5, 5.41) is 2.84. The minimum atomic E-state index is -2.99. The Kier molecular flexibility index (Phi) is 5.10. The first-order chi connectivity index (χ1) is 11.9. The van der Waals surface area contributed by atoms with E-state index in [4.69, 9.17) is 0 Å². The third-order valence-corrected chi connectivity index (χ3v) is 6.42. The maximum Gasteiger partial charge on any atom is 0.234 e. The molecule has 2 aromatic rings. The van der Waals surface area contributed by atoms with Crippen LogP contribution >= 0.6 is 0 Å². The molecule has 1 aliphatic rings. The van der Waals surface area contributed by atoms with Gasteiger partial charge in [0.15, 0.2) is 9.84 Å². The van der Waals surface area contributed by atoms with E-state index in [0.29, 0.717) is 19.5 Å². The number of hydrogen-bond donors (Lipinski definition) is 1. The normalized spacial score (nSPS) is 19.6. The molecule has 1 N–H and O–H groups in total. The van der Waals surface area contributed by atoms with E-state index in [-0.39, 0.29) is 30.0 Å². The fourth-order valence-corrected chi connectivity index (χ4v) is 4.87. The number of para-hydroxylation sites is 2. The Balaban J connectivity index is 1.62. The molecule has 1 aliphatic heterocycles. The molecule has 8 heteroatoms. The number of aryl methyl sites for hydroxylation is 1. The van der Waals surface area contributed by atoms with Gasteiger partial charge in [-0.25, -0.2) is 13.4 Å². The number of sulfone groups is 1. The number of carbonyl (C=O) groups excluding carboxylic acids is 1. The zero-order valence-electron chi connectivity index (χ0n) is 14.6. The zero-order valence-corrected chi connectivity index (χ0v) is 15.4. The van der Waals surface area contributed by atoms with Crippen LogP contribution < -0.4 is 5.32 Å². The number of aromatic nitrogens is 2. The molecule has 3 rings (SSSR count). The zero-order chi connectivity index (χ0) is 18.0. The first-order valence-electron chi connectivity index (χ1n) is 8.50. The highest BCUT2D eigenvalue weighted by Gasteiger charge is 2.29. The number of likely N-dealkylation sites (N-methyl/N-ethyl adjacent to an activating group) is 1. The van der Waals surface area contributed by atoms with E-state index in [1.165, 1.54) is 0 Å². The minimum Gasteiger partial charge on any atom is -0.351 e. The fraction of sp³-hybridized carbons (Fsp3) is 0.529. The molecular formula is C17H24N4O3S. The molecule has 1 amide bonds. The van der Waals surface area contributed by atoms with Gasteiger partial charge in [0.2, 0.25) is 5.91 Å². The van der Waals surface area contributed by atoms with Crippen molar-refractivity contribution in [3.05, 3.63) is 30.1 Å². The van der Waals surface area contributed by atoms with Gasteiger partial charge in [0.1, 0.15) is 5.82 Å². The summed E-state index contributed by atoms with van der Waals surface area (Å²) in [6, 6.07) is 7.68. The van der Waals surface area contributed by atoms with E-state index >= 15 is 0 Å². The van der Waals surface area contributed by atoms with Gasteiger partial charge in [0.05, 0.1) is 35.6 Å². The monoisotopic (exact) mass is 364 g/mol. The number of amides is 1. The molecule has 136 valence electrons. The molecule has 1 atom stereocenters. The number of benzene rings is 1. The van der Waals surface area contributed by atoms with E-state index in [2.05, 4.69) is 10.3 Å². The van der Waals surface area contributed by atoms with Crippen molar-refractivity contribution in [3.63, 3.8) is 0 Å². The van der Waals surface area contributed by atoms with Gasteiger partial charge in [0.25, 0.3) is 0 Å². The standard InChI is InChI=1S/C17H24N4O3S/c1-3-21(11-17(22)18-13-8-9-25(23,24)12-13)10-16-19-14-6-4-5-7-15(14)20(16)2/h4-7,13H,3,8-12H2,1-2H3,(H,18,22)/t13-/m0/s1. The Labute approximate surface area is 147 Å². The van der Waals surface area contributed by atoms with Crippen molar-refractivity contribution in [3.8, 4) is 0 Å². The van der Waals surface area contributed by atoms with Crippen LogP contribution in [0.4, 0.5) is 0 Å². The minimum absolute atomic E-state index is 0.0512. The van der Waals surface area contributed by atoms with Crippen molar-refractivity contribution >= 4 is 26.8 Å². The van der Waals surface area contributed by atoms with Crippen LogP contribution in [-0.4, -0.2) is 59.4 Å². The fourth-order valence-electron chi connectivity index (χ4n) is 3.20. The predicted octanol–water partition coefficient (Wildman–Crippen LogP) is 0.699. The van der Waals surface area contributed by atoms with E-state index in [1.807, 2.05) is 47.7 Å². The SMILES string of the molecule is CCN(CC(=O)N[C@H]1CCS(=O)(=O)C1)Cc1nc2ccccc2n1C. The van der Waals surface area contributed by atoms with Crippen LogP contribution in [0.15, 0.2) is 24.3 Å². The van der Waals surface area contributed by atoms with Gasteiger partial charge in [-0.1, -0.05) is 19.1 Å². The summed E-state index contributed by atoms with van der Waals surface area (Å²) >= 11 is 0. The van der Waals surface area contributed by atoms with E-state index < -0.39 is 9.84 Å². The highest BCUT2D eigenvalue weighted by molar-refractivity contribution is 7.91. The predicted molar refractivity (Wildman–Crippen MR) is 96.9 cm³/mol. The second kappa shape index (κ2) is 7.13. The molecule has 0 aliphatic carbocycles. The first-order valence-corrected chi connectivity index (χ1v) is 10.3. The summed E-state index contributed by atoms with van der Waals surface area (Å²) in [5.41, 5.74) is 2.01. The highest BCUT2D eigenvalue weighted by atomic mass is 32.2. The quantitative estimate of drug-likeness (QED) is 0.816. The lowest BCUT2D eigenvalue weighted by Crippen LogP contribution is -2.42. The van der Waals surface area contributed by atoms with Crippen molar-refractivity contribution in [1.29, 1.82) is 0 Å². The Morgan fingerprint density at radius 2 is 2.16 bits per heavy atom. The maximum atomic E-state index is 12.3. The van der Waals surface area contributed by atoms with E-state index in [0.717, 1.165) is 16.9 Å². The van der Waals surface area contributed by atoms with Crippen LogP contribution in [0.1, 0.15) is 19.2 Å². The Bertz CT molecular complexity index is 875. The second-order valence-electron chi connectivity index (χ2n) is 6.55. The first kappa shape index (κ1) is 17.9. The molecule has 0 saturated carbocycles. The molecule has 0 bridgehead atoms. The maximum absolute atomic E-state index is 12.3. The Hall–Kier alpha value is -1.93. The molecule has 1 saturated heterocycles. The number of rotatable bonds is 6. The van der Waals surface area contributed by atoms with Gasteiger partial charge in [-0.15, -0.1) is 0 Å². The lowest BCUT2D eigenvalue weighted by atomic mass is 10.2. The molecule has 0 radical (unpaired) electrons. The number of nitrogens with one attached hydrogen (secondary N) is 1. The number of hydrogen-bond acceptors (Lipinski definition) is 5. The molecule has 25 heavy (non-hydrogen) atoms. The average molecular weight is 364 g/mol. The number of carbonyl (C=O) groups is 1. The van der Waals surface area contributed by atoms with Crippen molar-refractivity contribution in [1.82, 2.24) is 19.8 Å². The van der Waals surface area contributed by atoms with Crippen LogP contribution in [0.2, 0.25) is 0 Å². The summed E-state index contributed by atoms with van der Waals surface area (Å²) in [6.45, 7) is 3.50. The number of fused-ring (bicyclic) bond motifs is 1. The van der Waals surface area contributed by atoms with Crippen LogP contribution in [0.3, 0.4) is 0 Å². The molecule has 1 aromatic heterocycles. The van der Waals surface area contributed by atoms with Crippen molar-refractivity contribution < 1.29 is 13.2 Å². The van der Waals surface area contributed by atoms with Crippen LogP contribution in [0.5, 0.6) is 0 Å². The molecular weight excluding hydrogens is 340 g/mol. The third kappa shape index (κ3) is 4.19. The number of imidazole rings is 1. The summed E-state index contributed by atoms with van der Waals surface area (Å²) < 4.78 is 25.0. The van der Waals surface area contributed by atoms with E-state index in [9.17, 15) is 13.2 Å². The second-order valence-corrected chi connectivity index (χ2v) is 8.78. The average Bonchev–Trinajstić information content (AvgIpc) is 3.06. The summed E-state index contributed by atoms with van der Waals surface area (Å²) in [6.07, 6.45) is 0.505. The summed E-state index contributed by atoms with van der Waals surface area (Å²) in [7, 11) is -1.01. The number of nitrogens with zero attached hydrogens (tertiary/aromatic N) is 3. The van der Waals surface area contributed by atoms with Gasteiger partial charge in [-0.2, -0.15) is 0 Å². The van der Waals surface area contributed by atoms with Crippen LogP contribution in [-0.2, 0) is 28.2 Å². The molecule has 0 unspecified atom stereocenters. The van der Waals surface area contributed by atoms with Crippen molar-refractivity contribution in [2.45, 2.75) is 25.9 Å². The van der Waals surface area contributed by atoms with Crippen molar-refractivity contribution in [2.75, 3.05) is 24.6 Å². The van der Waals surface area contributed by atoms with Gasteiger partial charge in [0, 0.05) is 13.1 Å². The summed E-state index contributed by atoms with van der Waals surface area (Å²) in [5.74, 6) is 0.979. The Morgan fingerprint density at radius 1 is 1.40 bits per heavy atom. The smallest absolute Gasteiger partial charge is 0.234 e. The van der Waals surface area contributed by atoms with Crippen LogP contribution in [0.25, 0.3) is 11.0 Å². The topological polar surface area (TPSA) is 84.3 Å². The molecule has 2 heterocycles. The molecule has 1 fully saturated rings. The summed E-state index contributed by atoms with van der Waals surface area (Å²) in [4.78, 5) is 18.9. The van der Waals surface area contributed by atoms with Gasteiger partial charge < -0.3 is 9.88 Å². The Morgan fingerprint density at radius 3 is 2.80 bits per heavy atom. The van der Waals surface area contributed by atoms with Gasteiger partial charge >= 0.3 is 0 Å². The largest absolute Gasteiger partial charge is 0.351 e. The van der Waals surface area contributed by atoms with Gasteiger partial charge in [-0.3, -0.25) is 9.69 Å². The van der Waals surface area contributed by atoms with Gasteiger partial charge in [-0.05, 0) is 25.1 Å². The highest BCUT2D eigenvalue weighted by Crippen LogP contribution is 2.15. The van der Waals surface area contributed by atoms with E-state index in [1.54, 1.807) is 0 Å². The molecule has 0 spiro atoms. The van der Waals surface area contributed by atoms with Crippen LogP contribution in [0, 0.1) is 0 Å². The molecule has 7 nitrogen and oxygen atoms in total. The lowest BCUT2D eigenvalue weighted by Gasteiger charge is -2.20. The lowest BCUT2D eigenvalue weighted by molar-refractivity contribution is -0.122.